The Morgan fingerprint density at radius 2 is 1.58 bits per heavy atom. The molecule has 0 bridgehead atoms. The van der Waals surface area contributed by atoms with Crippen molar-refractivity contribution in [2.24, 2.45) is 0 Å². The average molecular weight is 501 g/mol. The van der Waals surface area contributed by atoms with Gasteiger partial charge in [0.05, 0.1) is 12.6 Å². The molecule has 33 heavy (non-hydrogen) atoms. The highest BCUT2D eigenvalue weighted by molar-refractivity contribution is 6.69. The van der Waals surface area contributed by atoms with Crippen molar-refractivity contribution in [1.82, 2.24) is 5.32 Å². The third kappa shape index (κ3) is 7.34. The van der Waals surface area contributed by atoms with Crippen LogP contribution in [0.5, 0.6) is 0 Å². The number of rotatable bonds is 10. The van der Waals surface area contributed by atoms with Gasteiger partial charge in [0.15, 0.2) is 20.9 Å². The summed E-state index contributed by atoms with van der Waals surface area (Å²) in [6.07, 6.45) is -15.5. The largest absolute Gasteiger partial charge is 0.829 e. The fourth-order valence-corrected chi connectivity index (χ4v) is 4.50. The van der Waals surface area contributed by atoms with E-state index in [0.29, 0.717) is 0 Å². The fraction of sp³-hybridized carbons (Fsp3) is 1.00. The molecule has 0 spiro atoms. The first kappa shape index (κ1) is 28.9. The van der Waals surface area contributed by atoms with Crippen LogP contribution in [0.4, 0.5) is 0 Å². The Morgan fingerprint density at radius 3 is 2.06 bits per heavy atom. The Hall–Kier alpha value is -0.303. The van der Waals surface area contributed by atoms with Crippen molar-refractivity contribution in [1.29, 1.82) is 0 Å². The number of aliphatic hydroxyl groups is 5. The Balaban J connectivity index is 2.32. The molecule has 2 saturated heterocycles. The minimum Gasteiger partial charge on any atom is -0.829 e. The zero-order valence-corrected chi connectivity index (χ0v) is 20.7. The molecule has 13 nitrogen and oxygen atoms in total. The third-order valence-corrected chi connectivity index (χ3v) is 6.48. The summed E-state index contributed by atoms with van der Waals surface area (Å²) in [4.78, 5) is 0. The van der Waals surface area contributed by atoms with Gasteiger partial charge in [-0.2, -0.15) is 0 Å². The molecule has 2 heterocycles. The van der Waals surface area contributed by atoms with E-state index in [1.165, 1.54) is 21.1 Å². The van der Waals surface area contributed by atoms with Gasteiger partial charge < -0.3 is 58.7 Å². The van der Waals surface area contributed by atoms with Crippen LogP contribution in [-0.2, 0) is 28.1 Å². The average Bonchev–Trinajstić information content (AvgIpc) is 2.71. The Bertz CT molecular complexity index is 594. The minimum atomic E-state index is -2.34. The first-order valence-corrected chi connectivity index (χ1v) is 14.2. The lowest BCUT2D eigenvalue weighted by Gasteiger charge is -2.50. The highest BCUT2D eigenvalue weighted by Crippen LogP contribution is 2.31. The number of nitrogens with one attached hydrogen (secondary N) is 1. The molecule has 2 aliphatic rings. The second-order valence-electron chi connectivity index (χ2n) is 9.20. The monoisotopic (exact) mass is 500 g/mol. The lowest BCUT2D eigenvalue weighted by atomic mass is 9.95. The molecule has 0 aromatic carbocycles. The maximum absolute atomic E-state index is 11.9. The van der Waals surface area contributed by atoms with E-state index in [4.69, 9.17) is 28.1 Å². The highest BCUT2D eigenvalue weighted by Gasteiger charge is 2.52. The lowest BCUT2D eigenvalue weighted by Crippen LogP contribution is -2.69. The molecular formula is C19H38NO12Si-. The van der Waals surface area contributed by atoms with Crippen LogP contribution in [0.3, 0.4) is 0 Å². The van der Waals surface area contributed by atoms with Crippen LogP contribution in [0.1, 0.15) is 6.92 Å². The van der Waals surface area contributed by atoms with Gasteiger partial charge in [-0.25, -0.2) is 0 Å². The first-order valence-electron chi connectivity index (χ1n) is 10.8. The molecule has 6 unspecified atom stereocenters. The molecule has 0 aliphatic carbocycles. The van der Waals surface area contributed by atoms with E-state index in [-0.39, 0.29) is 6.61 Å². The molecule has 14 heteroatoms. The van der Waals surface area contributed by atoms with Gasteiger partial charge in [-0.3, -0.25) is 5.32 Å². The van der Waals surface area contributed by atoms with Crippen LogP contribution in [0.2, 0.25) is 19.6 Å². The first-order chi connectivity index (χ1) is 15.3. The second kappa shape index (κ2) is 12.1. The van der Waals surface area contributed by atoms with Gasteiger partial charge in [-0.1, -0.05) is 0 Å². The van der Waals surface area contributed by atoms with E-state index in [2.05, 4.69) is 5.32 Å². The Labute approximate surface area is 194 Å². The quantitative estimate of drug-likeness (QED) is 0.127. The molecule has 0 aromatic heterocycles. The van der Waals surface area contributed by atoms with Crippen molar-refractivity contribution in [3.8, 4) is 0 Å². The Kier molecular flexibility index (Phi) is 10.6. The van der Waals surface area contributed by atoms with E-state index >= 15 is 0 Å². The summed E-state index contributed by atoms with van der Waals surface area (Å²) in [5.74, 6) is 0. The van der Waals surface area contributed by atoms with Crippen molar-refractivity contribution in [3.63, 3.8) is 0 Å². The molecule has 2 aliphatic heterocycles. The lowest BCUT2D eigenvalue weighted by molar-refractivity contribution is -0.520. The summed E-state index contributed by atoms with van der Waals surface area (Å²) in [6, 6.07) is -0.970. The maximum Gasteiger partial charge on any atom is 0.186 e. The minimum absolute atomic E-state index is 0.0176. The summed E-state index contributed by atoms with van der Waals surface area (Å²) in [7, 11) is 0.587. The molecule has 6 N–H and O–H groups in total. The van der Waals surface area contributed by atoms with Gasteiger partial charge in [0.1, 0.15) is 49.0 Å². The van der Waals surface area contributed by atoms with Crippen LogP contribution in [0.25, 0.3) is 0 Å². The molecule has 0 amide bonds. The van der Waals surface area contributed by atoms with E-state index < -0.39 is 82.2 Å². The van der Waals surface area contributed by atoms with E-state index in [9.17, 15) is 30.6 Å². The molecule has 12 atom stereocenters. The molecule has 2 rings (SSSR count). The van der Waals surface area contributed by atoms with Crippen LogP contribution in [0, 0.1) is 0 Å². The normalized spacial score (nSPS) is 42.2. The van der Waals surface area contributed by atoms with Gasteiger partial charge in [-0.05, 0) is 26.6 Å². The van der Waals surface area contributed by atoms with Crippen molar-refractivity contribution >= 4 is 8.32 Å². The van der Waals surface area contributed by atoms with Gasteiger partial charge in [-0.15, -0.1) is 0 Å². The number of aliphatic hydroxyl groups excluding tert-OH is 5. The predicted octanol–water partition coefficient (Wildman–Crippen LogP) is -3.61. The highest BCUT2D eigenvalue weighted by atomic mass is 28.4. The fourth-order valence-electron chi connectivity index (χ4n) is 3.84. The summed E-state index contributed by atoms with van der Waals surface area (Å²) < 4.78 is 33.3. The van der Waals surface area contributed by atoms with Crippen LogP contribution < -0.4 is 10.4 Å². The topological polar surface area (TPSA) is 192 Å². The van der Waals surface area contributed by atoms with E-state index in [0.717, 1.165) is 0 Å². The van der Waals surface area contributed by atoms with Gasteiger partial charge in [0.25, 0.3) is 0 Å². The third-order valence-electron chi connectivity index (χ3n) is 5.45. The zero-order valence-electron chi connectivity index (χ0n) is 19.7. The predicted molar refractivity (Wildman–Crippen MR) is 112 cm³/mol. The van der Waals surface area contributed by atoms with Crippen molar-refractivity contribution in [3.05, 3.63) is 0 Å². The molecule has 0 aromatic rings. The van der Waals surface area contributed by atoms with Gasteiger partial charge >= 0.3 is 0 Å². The smallest absolute Gasteiger partial charge is 0.186 e. The van der Waals surface area contributed by atoms with Crippen molar-refractivity contribution in [2.45, 2.75) is 100 Å². The SMILES string of the molecule is CO[C@@H]1C(NC(C)O)C(OC2[C@@H](C([O-])O)O[C@H](OC)[C@H](O)[C@H]2O)O[C@H](CO[Si](C)(C)C)C1O. The summed E-state index contributed by atoms with van der Waals surface area (Å²) in [5.41, 5.74) is 0. The van der Waals surface area contributed by atoms with Crippen LogP contribution in [-0.4, -0.2) is 129 Å². The van der Waals surface area contributed by atoms with E-state index in [1.54, 1.807) is 0 Å². The number of hydrogen-bond donors (Lipinski definition) is 6. The molecule has 0 radical (unpaired) electrons. The molecule has 196 valence electrons. The summed E-state index contributed by atoms with van der Waals surface area (Å²) >= 11 is 0. The second-order valence-corrected chi connectivity index (χ2v) is 13.7. The summed E-state index contributed by atoms with van der Waals surface area (Å²) in [5, 5.41) is 65.9. The van der Waals surface area contributed by atoms with Crippen molar-refractivity contribution < 1.29 is 58.7 Å². The van der Waals surface area contributed by atoms with Crippen LogP contribution in [0.15, 0.2) is 0 Å². The Morgan fingerprint density at radius 1 is 0.939 bits per heavy atom. The standard InChI is InChI=1S/C19H38NO12Si/c1-8(21)20-10-14(27-2)11(22)9(7-29-33(4,5)6)30-18(10)31-15-12(23)13(24)19(28-3)32-16(15)17(25)26/h8-25H,7H2,1-6H3/q-1/t8?,9-,10?,11?,12-,13-,14-,15?,16+,17?,18?,19+/m1/s1. The van der Waals surface area contributed by atoms with Crippen LogP contribution >= 0.6 is 0 Å². The maximum atomic E-state index is 11.9. The van der Waals surface area contributed by atoms with E-state index in [1.807, 2.05) is 19.6 Å². The number of hydrogen-bond acceptors (Lipinski definition) is 13. The van der Waals surface area contributed by atoms with Gasteiger partial charge in [0, 0.05) is 20.5 Å². The zero-order chi connectivity index (χ0) is 25.1. The van der Waals surface area contributed by atoms with Gasteiger partial charge in [0.2, 0.25) is 0 Å². The summed E-state index contributed by atoms with van der Waals surface area (Å²) in [6.45, 7) is 7.35. The number of methoxy groups -OCH3 is 2. The molecule has 2 fully saturated rings. The van der Waals surface area contributed by atoms with Crippen molar-refractivity contribution in [2.75, 3.05) is 20.8 Å². The molecule has 0 saturated carbocycles. The molecular weight excluding hydrogens is 462 g/mol. The number of ether oxygens (including phenoxy) is 5.